The van der Waals surface area contributed by atoms with Crippen LogP contribution in [0.4, 0.5) is 17.6 Å². The van der Waals surface area contributed by atoms with E-state index >= 15 is 0 Å². The van der Waals surface area contributed by atoms with Crippen LogP contribution in [0.5, 0.6) is 23.0 Å². The summed E-state index contributed by atoms with van der Waals surface area (Å²) < 4.78 is 81.2. The van der Waals surface area contributed by atoms with Gasteiger partial charge in [0.15, 0.2) is 11.5 Å². The Labute approximate surface area is 345 Å². The van der Waals surface area contributed by atoms with E-state index in [-0.39, 0.29) is 6.61 Å². The third-order valence-corrected chi connectivity index (χ3v) is 10.7. The van der Waals surface area contributed by atoms with E-state index in [9.17, 15) is 17.6 Å². The number of hydrogen-bond acceptors (Lipinski definition) is 4. The second kappa shape index (κ2) is 34.2. The smallest absolute Gasteiger partial charge is 0.203 e. The first-order valence-electron chi connectivity index (χ1n) is 23.4. The lowest BCUT2D eigenvalue weighted by atomic mass is 10.1. The third kappa shape index (κ3) is 23.5. The fraction of sp³-hybridized carbons (Fsp3) is 0.755. The van der Waals surface area contributed by atoms with Crippen LogP contribution < -0.4 is 18.9 Å². The zero-order valence-electron chi connectivity index (χ0n) is 36.3. The molecule has 0 amide bonds. The number of halogens is 4. The quantitative estimate of drug-likeness (QED) is 0.0292. The van der Waals surface area contributed by atoms with Crippen LogP contribution in [0.2, 0.25) is 0 Å². The highest BCUT2D eigenvalue weighted by atomic mass is 19.2. The van der Waals surface area contributed by atoms with Crippen molar-refractivity contribution in [2.24, 2.45) is 0 Å². The first-order chi connectivity index (χ1) is 27.9. The van der Waals surface area contributed by atoms with Crippen molar-refractivity contribution in [1.29, 1.82) is 0 Å². The Morgan fingerprint density at radius 3 is 1.00 bits per heavy atom. The highest BCUT2D eigenvalue weighted by molar-refractivity contribution is 5.54. The van der Waals surface area contributed by atoms with E-state index < -0.39 is 29.0 Å². The van der Waals surface area contributed by atoms with Crippen LogP contribution in [0.1, 0.15) is 219 Å². The van der Waals surface area contributed by atoms with Gasteiger partial charge in [0.25, 0.3) is 0 Å². The summed E-state index contributed by atoms with van der Waals surface area (Å²) >= 11 is 0. The fourth-order valence-corrected chi connectivity index (χ4v) is 7.16. The van der Waals surface area contributed by atoms with E-state index in [1.807, 2.05) is 0 Å². The van der Waals surface area contributed by atoms with E-state index in [2.05, 4.69) is 20.8 Å². The second-order valence-electron chi connectivity index (χ2n) is 16.0. The molecule has 0 heterocycles. The van der Waals surface area contributed by atoms with Crippen LogP contribution in [0, 0.1) is 29.3 Å². The zero-order chi connectivity index (χ0) is 41.2. The van der Waals surface area contributed by atoms with Crippen molar-refractivity contribution in [3.05, 3.63) is 47.0 Å². The number of hydrogen-bond donors (Lipinski definition) is 0. The average molecular weight is 808 g/mol. The predicted molar refractivity (Wildman–Crippen MR) is 228 cm³/mol. The normalized spacial score (nSPS) is 11.4. The lowest BCUT2D eigenvalue weighted by Gasteiger charge is -2.20. The first kappa shape index (κ1) is 50.5. The summed E-state index contributed by atoms with van der Waals surface area (Å²) in [4.78, 5) is 0. The van der Waals surface area contributed by atoms with Crippen molar-refractivity contribution in [1.82, 2.24) is 0 Å². The van der Waals surface area contributed by atoms with Crippen LogP contribution in [0.15, 0.2) is 12.1 Å². The predicted octanol–water partition coefficient (Wildman–Crippen LogP) is 16.5. The summed E-state index contributed by atoms with van der Waals surface area (Å²) in [7, 11) is 0. The highest BCUT2D eigenvalue weighted by Gasteiger charge is 2.18. The number of rotatable bonds is 39. The molecule has 0 radical (unpaired) electrons. The fourth-order valence-electron chi connectivity index (χ4n) is 7.16. The molecule has 0 aromatic heterocycles. The van der Waals surface area contributed by atoms with Gasteiger partial charge in [0.1, 0.15) is 6.61 Å². The van der Waals surface area contributed by atoms with Gasteiger partial charge in [-0.25, -0.2) is 8.78 Å². The lowest BCUT2D eigenvalue weighted by Crippen LogP contribution is -2.09. The Bertz CT molecular complexity index is 1200. The highest BCUT2D eigenvalue weighted by Crippen LogP contribution is 2.40. The van der Waals surface area contributed by atoms with Crippen LogP contribution in [-0.2, 0) is 6.61 Å². The molecule has 2 aromatic carbocycles. The molecule has 8 heteroatoms. The molecule has 0 saturated carbocycles. The Kier molecular flexibility index (Phi) is 30.3. The Morgan fingerprint density at radius 2 is 0.667 bits per heavy atom. The first-order valence-corrected chi connectivity index (χ1v) is 23.4. The minimum atomic E-state index is -1.64. The van der Waals surface area contributed by atoms with Gasteiger partial charge in [-0.05, 0) is 37.0 Å². The van der Waals surface area contributed by atoms with E-state index in [4.69, 9.17) is 18.9 Å². The maximum atomic E-state index is 14.5. The molecule has 0 fully saturated rings. The molecular weight excluding hydrogens is 729 g/mol. The molecule has 0 aliphatic heterocycles. The summed E-state index contributed by atoms with van der Waals surface area (Å²) in [5, 5.41) is 0. The van der Waals surface area contributed by atoms with E-state index in [1.54, 1.807) is 12.1 Å². The standard InChI is InChI=1S/C49H79F4O4/c1-4-7-10-13-16-19-22-25-28-31-34-54-44-37-41(40-57-49-46(52)42(50)39-43(51)47(49)53)38-45(55-35-32-29-26-23-20-17-14-11-8-5-2)48(44)56-36-33-30-27-24-21-18-15-12-9-6-3/h37-38H,4-36,40H2,1-3H3/q-1. The summed E-state index contributed by atoms with van der Waals surface area (Å²) in [6.07, 6.45) is 36.3. The van der Waals surface area contributed by atoms with Crippen molar-refractivity contribution in [3.63, 3.8) is 0 Å². The molecule has 0 bridgehead atoms. The summed E-state index contributed by atoms with van der Waals surface area (Å²) in [6, 6.07) is 4.84. The van der Waals surface area contributed by atoms with Crippen LogP contribution in [0.25, 0.3) is 0 Å². The van der Waals surface area contributed by atoms with Gasteiger partial charge in [-0.2, -0.15) is 0 Å². The average Bonchev–Trinajstić information content (AvgIpc) is 3.20. The van der Waals surface area contributed by atoms with Crippen molar-refractivity contribution >= 4 is 0 Å². The molecule has 57 heavy (non-hydrogen) atoms. The van der Waals surface area contributed by atoms with Gasteiger partial charge in [-0.3, -0.25) is 8.78 Å². The molecular formula is C49H79F4O4-. The number of unbranched alkanes of at least 4 members (excludes halogenated alkanes) is 27. The van der Waals surface area contributed by atoms with Gasteiger partial charge in [-0.1, -0.05) is 194 Å². The van der Waals surface area contributed by atoms with Gasteiger partial charge in [0.05, 0.1) is 48.8 Å². The molecule has 0 aliphatic carbocycles. The minimum Gasteiger partial charge on any atom is -0.508 e. The van der Waals surface area contributed by atoms with Gasteiger partial charge >= 0.3 is 0 Å². The monoisotopic (exact) mass is 808 g/mol. The Hall–Kier alpha value is -2.64. The maximum absolute atomic E-state index is 14.5. The topological polar surface area (TPSA) is 36.9 Å². The molecule has 0 saturated heterocycles. The molecule has 2 rings (SSSR count). The molecule has 0 aliphatic rings. The zero-order valence-corrected chi connectivity index (χ0v) is 36.3. The van der Waals surface area contributed by atoms with E-state index in [0.717, 1.165) is 51.4 Å². The molecule has 2 aromatic rings. The summed E-state index contributed by atoms with van der Waals surface area (Å²) in [5.41, 5.74) is 0.477. The minimum absolute atomic E-state index is 0.362. The van der Waals surface area contributed by atoms with Crippen LogP contribution in [0.3, 0.4) is 0 Å². The molecule has 0 atom stereocenters. The van der Waals surface area contributed by atoms with Crippen molar-refractivity contribution < 1.29 is 36.5 Å². The molecule has 328 valence electrons. The molecule has 4 nitrogen and oxygen atoms in total. The third-order valence-electron chi connectivity index (χ3n) is 10.7. The summed E-state index contributed by atoms with van der Waals surface area (Å²) in [6.45, 7) is 7.81. The van der Waals surface area contributed by atoms with Crippen molar-refractivity contribution in [2.75, 3.05) is 19.8 Å². The van der Waals surface area contributed by atoms with E-state index in [1.165, 1.54) is 147 Å². The Morgan fingerprint density at radius 1 is 0.368 bits per heavy atom. The second-order valence-corrected chi connectivity index (χ2v) is 16.0. The van der Waals surface area contributed by atoms with E-state index in [0.29, 0.717) is 42.6 Å². The van der Waals surface area contributed by atoms with Gasteiger partial charge < -0.3 is 18.9 Å². The Balaban J connectivity index is 2.10. The van der Waals surface area contributed by atoms with Gasteiger partial charge in [-0.15, -0.1) is 6.07 Å². The van der Waals surface area contributed by atoms with Crippen molar-refractivity contribution in [3.8, 4) is 23.0 Å². The molecule has 0 N–H and O–H groups in total. The van der Waals surface area contributed by atoms with Crippen LogP contribution in [-0.4, -0.2) is 19.8 Å². The number of ether oxygens (including phenoxy) is 4. The van der Waals surface area contributed by atoms with Crippen molar-refractivity contribution in [2.45, 2.75) is 220 Å². The maximum Gasteiger partial charge on any atom is 0.203 e. The SMILES string of the molecule is CCCCCCCCCCCCOc1cc(COc2c(F)c(F)[c-]c(F)c2F)cc(OCCCCCCCCCCCC)c1OCCCCCCCCCCCC. The number of benzene rings is 2. The van der Waals surface area contributed by atoms with Gasteiger partial charge in [0, 0.05) is 0 Å². The lowest BCUT2D eigenvalue weighted by molar-refractivity contribution is 0.230. The van der Waals surface area contributed by atoms with Crippen LogP contribution >= 0.6 is 0 Å². The molecule has 0 unspecified atom stereocenters. The summed E-state index contributed by atoms with van der Waals surface area (Å²) in [5.74, 6) is -6.20. The largest absolute Gasteiger partial charge is 0.508 e. The molecule has 0 spiro atoms. The van der Waals surface area contributed by atoms with Gasteiger partial charge in [0.2, 0.25) is 5.75 Å².